The van der Waals surface area contributed by atoms with Crippen LogP contribution >= 0.6 is 0 Å². The molecule has 2 atom stereocenters. The van der Waals surface area contributed by atoms with Gasteiger partial charge in [0.1, 0.15) is 12.6 Å². The topological polar surface area (TPSA) is 70.1 Å². The van der Waals surface area contributed by atoms with Gasteiger partial charge >= 0.3 is 6.09 Å². The summed E-state index contributed by atoms with van der Waals surface area (Å²) < 4.78 is 5.29. The van der Waals surface area contributed by atoms with Crippen LogP contribution in [0, 0.1) is 0 Å². The molecular formula is C17H24N2O4. The minimum absolute atomic E-state index is 0.151. The largest absolute Gasteiger partial charge is 0.445 e. The summed E-state index contributed by atoms with van der Waals surface area (Å²) in [6.45, 7) is 3.04. The number of aliphatic hydroxyl groups excluding tert-OH is 1. The summed E-state index contributed by atoms with van der Waals surface area (Å²) in [5, 5.41) is 10.1. The van der Waals surface area contributed by atoms with Crippen LogP contribution in [0.3, 0.4) is 0 Å². The fraction of sp³-hybridized carbons (Fsp3) is 0.529. The maximum atomic E-state index is 12.5. The van der Waals surface area contributed by atoms with Gasteiger partial charge < -0.3 is 14.7 Å². The molecule has 6 nitrogen and oxygen atoms in total. The number of likely N-dealkylation sites (N-methyl/N-ethyl adjacent to an activating group) is 1. The van der Waals surface area contributed by atoms with Gasteiger partial charge in [0.2, 0.25) is 5.91 Å². The molecule has 2 amide bonds. The monoisotopic (exact) mass is 320 g/mol. The molecule has 1 aromatic rings. The first-order chi connectivity index (χ1) is 11.0. The molecule has 1 aromatic carbocycles. The minimum atomic E-state index is -0.852. The fourth-order valence-electron chi connectivity index (χ4n) is 2.75. The maximum absolute atomic E-state index is 12.5. The second-order valence-electron chi connectivity index (χ2n) is 5.79. The van der Waals surface area contributed by atoms with Crippen LogP contribution in [-0.2, 0) is 16.1 Å². The standard InChI is InChI=1S/C17H24N2O4/c1-3-10-18(2)16(21)15-14(20)9-11-19(15)17(22)23-12-13-7-5-4-6-8-13/h4-8,14-15,20H,3,9-12H2,1-2H3/t14?,15-/m0/s1. The Labute approximate surface area is 136 Å². The van der Waals surface area contributed by atoms with Gasteiger partial charge in [0.25, 0.3) is 0 Å². The van der Waals surface area contributed by atoms with Crippen molar-refractivity contribution in [1.29, 1.82) is 0 Å². The van der Waals surface area contributed by atoms with E-state index in [1.807, 2.05) is 37.3 Å². The van der Waals surface area contributed by atoms with Crippen LogP contribution < -0.4 is 0 Å². The van der Waals surface area contributed by atoms with Gasteiger partial charge in [-0.25, -0.2) is 4.79 Å². The fourth-order valence-corrected chi connectivity index (χ4v) is 2.75. The van der Waals surface area contributed by atoms with E-state index in [-0.39, 0.29) is 12.5 Å². The normalized spacial score (nSPS) is 20.4. The van der Waals surface area contributed by atoms with Crippen molar-refractivity contribution in [3.63, 3.8) is 0 Å². The van der Waals surface area contributed by atoms with Gasteiger partial charge in [0, 0.05) is 20.1 Å². The Balaban J connectivity index is 1.99. The van der Waals surface area contributed by atoms with Crippen LogP contribution in [0.4, 0.5) is 4.79 Å². The smallest absolute Gasteiger partial charge is 0.410 e. The van der Waals surface area contributed by atoms with Gasteiger partial charge in [-0.1, -0.05) is 37.3 Å². The summed E-state index contributed by atoms with van der Waals surface area (Å²) in [5.41, 5.74) is 0.881. The first-order valence-corrected chi connectivity index (χ1v) is 7.95. The molecule has 1 N–H and O–H groups in total. The summed E-state index contributed by atoms with van der Waals surface area (Å²) in [4.78, 5) is 27.6. The molecule has 0 saturated carbocycles. The Bertz CT molecular complexity index is 535. The van der Waals surface area contributed by atoms with Gasteiger partial charge in [-0.3, -0.25) is 9.69 Å². The highest BCUT2D eigenvalue weighted by molar-refractivity contribution is 5.86. The quantitative estimate of drug-likeness (QED) is 0.895. The number of amides is 2. The molecule has 1 fully saturated rings. The predicted molar refractivity (Wildman–Crippen MR) is 85.7 cm³/mol. The van der Waals surface area contributed by atoms with Crippen molar-refractivity contribution in [1.82, 2.24) is 9.80 Å². The molecule has 23 heavy (non-hydrogen) atoms. The van der Waals surface area contributed by atoms with Gasteiger partial charge in [-0.05, 0) is 18.4 Å². The third-order valence-electron chi connectivity index (χ3n) is 3.99. The van der Waals surface area contributed by atoms with Crippen molar-refractivity contribution in [2.24, 2.45) is 0 Å². The van der Waals surface area contributed by atoms with Gasteiger partial charge in [0.05, 0.1) is 6.10 Å². The second-order valence-corrected chi connectivity index (χ2v) is 5.79. The molecule has 0 aliphatic carbocycles. The number of hydrogen-bond acceptors (Lipinski definition) is 4. The van der Waals surface area contributed by atoms with Crippen molar-refractivity contribution in [3.8, 4) is 0 Å². The molecule has 6 heteroatoms. The third-order valence-corrected chi connectivity index (χ3v) is 3.99. The van der Waals surface area contributed by atoms with Crippen molar-refractivity contribution in [2.75, 3.05) is 20.1 Å². The molecule has 1 saturated heterocycles. The van der Waals surface area contributed by atoms with E-state index in [4.69, 9.17) is 4.74 Å². The van der Waals surface area contributed by atoms with E-state index in [2.05, 4.69) is 0 Å². The Hall–Kier alpha value is -2.08. The zero-order chi connectivity index (χ0) is 16.8. The molecule has 1 heterocycles. The Morgan fingerprint density at radius 3 is 2.70 bits per heavy atom. The molecule has 1 aliphatic heterocycles. The molecule has 0 bridgehead atoms. The number of carbonyl (C=O) groups excluding carboxylic acids is 2. The van der Waals surface area contributed by atoms with Gasteiger partial charge in [-0.15, -0.1) is 0 Å². The van der Waals surface area contributed by atoms with Crippen LogP contribution in [0.1, 0.15) is 25.3 Å². The van der Waals surface area contributed by atoms with Crippen LogP contribution in [0.15, 0.2) is 30.3 Å². The number of likely N-dealkylation sites (tertiary alicyclic amines) is 1. The average Bonchev–Trinajstić information content (AvgIpc) is 2.94. The van der Waals surface area contributed by atoms with Crippen molar-refractivity contribution in [2.45, 2.75) is 38.5 Å². The molecule has 1 unspecified atom stereocenters. The number of rotatable bonds is 5. The van der Waals surface area contributed by atoms with Crippen molar-refractivity contribution < 1.29 is 19.4 Å². The van der Waals surface area contributed by atoms with E-state index in [0.29, 0.717) is 19.5 Å². The van der Waals surface area contributed by atoms with Crippen LogP contribution in [0.5, 0.6) is 0 Å². The average molecular weight is 320 g/mol. The number of carbonyl (C=O) groups is 2. The molecule has 0 radical (unpaired) electrons. The molecule has 0 spiro atoms. The Morgan fingerprint density at radius 2 is 2.04 bits per heavy atom. The summed E-state index contributed by atoms with van der Waals surface area (Å²) in [6, 6.07) is 8.51. The van der Waals surface area contributed by atoms with E-state index in [1.54, 1.807) is 11.9 Å². The zero-order valence-electron chi connectivity index (χ0n) is 13.6. The number of nitrogens with zero attached hydrogens (tertiary/aromatic N) is 2. The highest BCUT2D eigenvalue weighted by Crippen LogP contribution is 2.21. The molecule has 126 valence electrons. The Kier molecular flexibility index (Phi) is 5.98. The number of ether oxygens (including phenoxy) is 1. The summed E-state index contributed by atoms with van der Waals surface area (Å²) in [7, 11) is 1.68. The zero-order valence-corrected chi connectivity index (χ0v) is 13.6. The molecular weight excluding hydrogens is 296 g/mol. The van der Waals surface area contributed by atoms with E-state index >= 15 is 0 Å². The van der Waals surface area contributed by atoms with Gasteiger partial charge in [-0.2, -0.15) is 0 Å². The minimum Gasteiger partial charge on any atom is -0.445 e. The van der Waals surface area contributed by atoms with E-state index in [9.17, 15) is 14.7 Å². The Morgan fingerprint density at radius 1 is 1.35 bits per heavy atom. The van der Waals surface area contributed by atoms with Crippen molar-refractivity contribution >= 4 is 12.0 Å². The highest BCUT2D eigenvalue weighted by Gasteiger charge is 2.42. The van der Waals surface area contributed by atoms with Gasteiger partial charge in [0.15, 0.2) is 0 Å². The molecule has 1 aliphatic rings. The first-order valence-electron chi connectivity index (χ1n) is 7.95. The first kappa shape index (κ1) is 17.3. The maximum Gasteiger partial charge on any atom is 0.410 e. The second kappa shape index (κ2) is 7.97. The number of aliphatic hydroxyl groups is 1. The van der Waals surface area contributed by atoms with E-state index in [1.165, 1.54) is 4.90 Å². The van der Waals surface area contributed by atoms with Crippen LogP contribution in [0.25, 0.3) is 0 Å². The predicted octanol–water partition coefficient (Wildman–Crippen LogP) is 1.63. The van der Waals surface area contributed by atoms with Crippen LogP contribution in [-0.4, -0.2) is 59.2 Å². The third kappa shape index (κ3) is 4.22. The summed E-state index contributed by atoms with van der Waals surface area (Å²) in [6.07, 6.45) is -0.194. The van der Waals surface area contributed by atoms with E-state index in [0.717, 1.165) is 12.0 Å². The lowest BCUT2D eigenvalue weighted by Crippen LogP contribution is -2.50. The van der Waals surface area contributed by atoms with E-state index < -0.39 is 18.2 Å². The van der Waals surface area contributed by atoms with Crippen molar-refractivity contribution in [3.05, 3.63) is 35.9 Å². The molecule has 0 aromatic heterocycles. The lowest BCUT2D eigenvalue weighted by Gasteiger charge is -2.28. The summed E-state index contributed by atoms with van der Waals surface area (Å²) in [5.74, 6) is -0.242. The number of benzene rings is 1. The lowest BCUT2D eigenvalue weighted by molar-refractivity contribution is -0.136. The summed E-state index contributed by atoms with van der Waals surface area (Å²) >= 11 is 0. The number of hydrogen-bond donors (Lipinski definition) is 1. The van der Waals surface area contributed by atoms with Crippen LogP contribution in [0.2, 0.25) is 0 Å². The highest BCUT2D eigenvalue weighted by atomic mass is 16.6. The lowest BCUT2D eigenvalue weighted by atomic mass is 10.1. The molecule has 2 rings (SSSR count). The SMILES string of the molecule is CCCN(C)C(=O)[C@@H]1C(O)CCN1C(=O)OCc1ccccc1.